The van der Waals surface area contributed by atoms with Crippen LogP contribution in [0.25, 0.3) is 11.1 Å². The second kappa shape index (κ2) is 11.9. The van der Waals surface area contributed by atoms with Gasteiger partial charge in [-0.3, -0.25) is 9.48 Å². The zero-order valence-electron chi connectivity index (χ0n) is 20.4. The van der Waals surface area contributed by atoms with Crippen LogP contribution in [0.2, 0.25) is 10.0 Å². The summed E-state index contributed by atoms with van der Waals surface area (Å²) in [5.41, 5.74) is 7.84. The van der Waals surface area contributed by atoms with E-state index in [0.29, 0.717) is 37.1 Å². The van der Waals surface area contributed by atoms with Crippen molar-refractivity contribution in [2.24, 2.45) is 0 Å². The highest BCUT2D eigenvalue weighted by Crippen LogP contribution is 2.37. The SMILES string of the molecule is C[C@@H](Oc1cc(-c2cnn(C3CCN(C(=O)OCCC(=O)O)CC3)c2)cnc1N)c1c(Cl)ccc(F)c1Cl. The maximum atomic E-state index is 14.0. The number of nitrogen functional groups attached to an aromatic ring is 1. The van der Waals surface area contributed by atoms with E-state index in [-0.39, 0.29) is 40.7 Å². The van der Waals surface area contributed by atoms with E-state index in [9.17, 15) is 14.0 Å². The summed E-state index contributed by atoms with van der Waals surface area (Å²) in [4.78, 5) is 28.5. The molecule has 1 saturated heterocycles. The van der Waals surface area contributed by atoms with Crippen LogP contribution < -0.4 is 10.5 Å². The maximum absolute atomic E-state index is 14.0. The number of carboxylic acids is 1. The number of ether oxygens (including phenoxy) is 2. The van der Waals surface area contributed by atoms with Crippen LogP contribution in [-0.4, -0.2) is 56.5 Å². The molecule has 1 aromatic carbocycles. The van der Waals surface area contributed by atoms with Gasteiger partial charge < -0.3 is 25.2 Å². The van der Waals surface area contributed by atoms with Crippen molar-refractivity contribution in [3.8, 4) is 16.9 Å². The van der Waals surface area contributed by atoms with Crippen molar-refractivity contribution in [3.05, 3.63) is 58.2 Å². The zero-order valence-corrected chi connectivity index (χ0v) is 22.0. The Morgan fingerprint density at radius 1 is 1.24 bits per heavy atom. The number of likely N-dealkylation sites (tertiary alicyclic amines) is 1. The van der Waals surface area contributed by atoms with Crippen LogP contribution in [-0.2, 0) is 9.53 Å². The Hall–Kier alpha value is -3.57. The molecule has 0 spiro atoms. The quantitative estimate of drug-likeness (QED) is 0.348. The van der Waals surface area contributed by atoms with Crippen molar-refractivity contribution >= 4 is 41.1 Å². The number of halogens is 3. The predicted octanol–water partition coefficient (Wildman–Crippen LogP) is 5.36. The summed E-state index contributed by atoms with van der Waals surface area (Å²) in [7, 11) is 0. The first kappa shape index (κ1) is 27.5. The number of benzene rings is 1. The standard InChI is InChI=1S/C25H26Cl2FN5O5/c1-14(22-18(26)2-3-19(28)23(22)27)38-20-10-15(11-30-24(20)29)16-12-31-33(13-16)17-4-7-32(8-5-17)25(36)37-9-6-21(34)35/h2-3,10-14,17H,4-9H2,1H3,(H2,29,30)(H,34,35)/t14-/m1/s1. The van der Waals surface area contributed by atoms with E-state index < -0.39 is 24.0 Å². The molecule has 0 bridgehead atoms. The van der Waals surface area contributed by atoms with Crippen LogP contribution in [0.4, 0.5) is 15.0 Å². The van der Waals surface area contributed by atoms with Gasteiger partial charge in [-0.25, -0.2) is 14.2 Å². The number of aliphatic carboxylic acids is 1. The molecule has 0 saturated carbocycles. The first-order chi connectivity index (χ1) is 18.1. The fourth-order valence-electron chi connectivity index (χ4n) is 4.19. The van der Waals surface area contributed by atoms with Crippen LogP contribution >= 0.6 is 23.2 Å². The molecule has 3 aromatic rings. The van der Waals surface area contributed by atoms with E-state index in [1.807, 2.05) is 10.9 Å². The normalized spacial score (nSPS) is 14.8. The average Bonchev–Trinajstić information content (AvgIpc) is 3.38. The van der Waals surface area contributed by atoms with E-state index in [1.165, 1.54) is 12.1 Å². The zero-order chi connectivity index (χ0) is 27.4. The third kappa shape index (κ3) is 6.28. The lowest BCUT2D eigenvalue weighted by Crippen LogP contribution is -2.39. The number of carboxylic acid groups (broad SMARTS) is 1. The third-order valence-corrected chi connectivity index (χ3v) is 6.96. The molecule has 1 fully saturated rings. The highest BCUT2D eigenvalue weighted by Gasteiger charge is 2.26. The molecule has 2 aromatic heterocycles. The molecule has 1 aliphatic heterocycles. The van der Waals surface area contributed by atoms with Crippen molar-refractivity contribution in [2.75, 3.05) is 25.4 Å². The number of pyridine rings is 1. The Morgan fingerprint density at radius 3 is 2.68 bits per heavy atom. The minimum atomic E-state index is -1.02. The number of anilines is 1. The van der Waals surface area contributed by atoms with Gasteiger partial charge >= 0.3 is 12.1 Å². The minimum absolute atomic E-state index is 0.0709. The number of amides is 1. The summed E-state index contributed by atoms with van der Waals surface area (Å²) in [5.74, 6) is -1.18. The largest absolute Gasteiger partial charge is 0.482 e. The Morgan fingerprint density at radius 2 is 1.97 bits per heavy atom. The molecule has 202 valence electrons. The molecule has 1 atom stereocenters. The van der Waals surface area contributed by atoms with Crippen molar-refractivity contribution in [2.45, 2.75) is 38.3 Å². The monoisotopic (exact) mass is 565 g/mol. The van der Waals surface area contributed by atoms with Crippen LogP contribution in [0.3, 0.4) is 0 Å². The molecule has 4 rings (SSSR count). The summed E-state index contributed by atoms with van der Waals surface area (Å²) < 4.78 is 26.8. The van der Waals surface area contributed by atoms with Gasteiger partial charge in [0.1, 0.15) is 18.5 Å². The molecular weight excluding hydrogens is 540 g/mol. The van der Waals surface area contributed by atoms with Crippen molar-refractivity contribution in [1.29, 1.82) is 0 Å². The lowest BCUT2D eigenvalue weighted by molar-refractivity contribution is -0.137. The molecule has 0 aliphatic carbocycles. The number of nitrogens with zero attached hydrogens (tertiary/aromatic N) is 4. The van der Waals surface area contributed by atoms with Crippen LogP contribution in [0.5, 0.6) is 5.75 Å². The number of rotatable bonds is 8. The van der Waals surface area contributed by atoms with Gasteiger partial charge in [-0.2, -0.15) is 5.10 Å². The number of hydrogen-bond acceptors (Lipinski definition) is 7. The van der Waals surface area contributed by atoms with Gasteiger partial charge in [-0.05, 0) is 38.0 Å². The smallest absolute Gasteiger partial charge is 0.409 e. The lowest BCUT2D eigenvalue weighted by atomic mass is 10.1. The molecule has 1 amide bonds. The average molecular weight is 566 g/mol. The molecule has 3 heterocycles. The van der Waals surface area contributed by atoms with Gasteiger partial charge in [0, 0.05) is 47.2 Å². The highest BCUT2D eigenvalue weighted by atomic mass is 35.5. The lowest BCUT2D eigenvalue weighted by Gasteiger charge is -2.31. The summed E-state index contributed by atoms with van der Waals surface area (Å²) >= 11 is 12.3. The van der Waals surface area contributed by atoms with Crippen molar-refractivity contribution in [3.63, 3.8) is 0 Å². The number of hydrogen-bond donors (Lipinski definition) is 2. The van der Waals surface area contributed by atoms with Crippen LogP contribution in [0.1, 0.15) is 43.9 Å². The number of carbonyl (C=O) groups is 2. The fourth-order valence-corrected chi connectivity index (χ4v) is 4.87. The van der Waals surface area contributed by atoms with Gasteiger partial charge in [0.2, 0.25) is 0 Å². The Labute approximate surface area is 228 Å². The number of nitrogens with two attached hydrogens (primary N) is 1. The predicted molar refractivity (Wildman–Crippen MR) is 139 cm³/mol. The maximum Gasteiger partial charge on any atom is 0.409 e. The van der Waals surface area contributed by atoms with Gasteiger partial charge in [-0.1, -0.05) is 23.2 Å². The van der Waals surface area contributed by atoms with Gasteiger partial charge in [0.25, 0.3) is 0 Å². The van der Waals surface area contributed by atoms with Gasteiger partial charge in [0.05, 0.1) is 23.7 Å². The molecule has 1 aliphatic rings. The summed E-state index contributed by atoms with van der Waals surface area (Å²) in [6.07, 6.45) is 5.07. The Bertz CT molecular complexity index is 1330. The van der Waals surface area contributed by atoms with Gasteiger partial charge in [0.15, 0.2) is 11.6 Å². The molecule has 0 radical (unpaired) electrons. The van der Waals surface area contributed by atoms with Gasteiger partial charge in [-0.15, -0.1) is 0 Å². The second-order valence-electron chi connectivity index (χ2n) is 8.81. The molecule has 3 N–H and O–H groups in total. The number of carbonyl (C=O) groups excluding carboxylic acids is 1. The third-order valence-electron chi connectivity index (χ3n) is 6.24. The topological polar surface area (TPSA) is 133 Å². The van der Waals surface area contributed by atoms with E-state index >= 15 is 0 Å². The molecule has 13 heteroatoms. The first-order valence-corrected chi connectivity index (χ1v) is 12.6. The van der Waals surface area contributed by atoms with E-state index in [0.717, 1.165) is 5.56 Å². The van der Waals surface area contributed by atoms with Crippen molar-refractivity contribution < 1.29 is 28.6 Å². The Kier molecular flexibility index (Phi) is 8.58. The number of piperidine rings is 1. The highest BCUT2D eigenvalue weighted by molar-refractivity contribution is 6.36. The second-order valence-corrected chi connectivity index (χ2v) is 9.59. The summed E-state index contributed by atoms with van der Waals surface area (Å²) in [6, 6.07) is 4.39. The number of aromatic nitrogens is 3. The van der Waals surface area contributed by atoms with E-state index in [2.05, 4.69) is 10.1 Å². The first-order valence-electron chi connectivity index (χ1n) is 11.9. The van der Waals surface area contributed by atoms with Crippen LogP contribution in [0, 0.1) is 5.82 Å². The van der Waals surface area contributed by atoms with E-state index in [4.69, 9.17) is 43.5 Å². The molecule has 0 unspecified atom stereocenters. The molecular formula is C25H26Cl2FN5O5. The molecule has 10 nitrogen and oxygen atoms in total. The fraction of sp³-hybridized carbons (Fsp3) is 0.360. The summed E-state index contributed by atoms with van der Waals surface area (Å²) in [5, 5.41) is 13.3. The van der Waals surface area contributed by atoms with Crippen molar-refractivity contribution in [1.82, 2.24) is 19.7 Å². The van der Waals surface area contributed by atoms with Crippen LogP contribution in [0.15, 0.2) is 36.8 Å². The minimum Gasteiger partial charge on any atom is -0.482 e. The summed E-state index contributed by atoms with van der Waals surface area (Å²) in [6.45, 7) is 2.47. The van der Waals surface area contributed by atoms with E-state index in [1.54, 1.807) is 30.3 Å². The Balaban J connectivity index is 1.41. The molecule has 38 heavy (non-hydrogen) atoms.